The molecular weight excluding hydrogens is 318 g/mol. The number of aromatic nitrogens is 2. The highest BCUT2D eigenvalue weighted by molar-refractivity contribution is 5.92. The van der Waals surface area contributed by atoms with E-state index in [2.05, 4.69) is 16.0 Å². The quantitative estimate of drug-likeness (QED) is 0.858. The lowest BCUT2D eigenvalue weighted by molar-refractivity contribution is 0.0700. The average Bonchev–Trinajstić information content (AvgIpc) is 3.19. The third kappa shape index (κ3) is 3.58. The van der Waals surface area contributed by atoms with Crippen molar-refractivity contribution in [1.82, 2.24) is 14.9 Å². The van der Waals surface area contributed by atoms with Crippen molar-refractivity contribution in [2.45, 2.75) is 37.5 Å². The van der Waals surface area contributed by atoms with E-state index in [0.29, 0.717) is 24.0 Å². The van der Waals surface area contributed by atoms with Gasteiger partial charge in [-0.05, 0) is 37.3 Å². The lowest BCUT2D eigenvalue weighted by Gasteiger charge is -2.32. The van der Waals surface area contributed by atoms with E-state index in [9.17, 15) is 4.79 Å². The molecule has 0 spiro atoms. The van der Waals surface area contributed by atoms with Crippen LogP contribution in [0, 0.1) is 0 Å². The third-order valence-corrected chi connectivity index (χ3v) is 5.18. The molecule has 2 aliphatic heterocycles. The lowest BCUT2D eigenvalue weighted by atomic mass is 9.91. The summed E-state index contributed by atoms with van der Waals surface area (Å²) < 4.78 is 11.0. The molecular formula is C19H23N3O3. The Balaban J connectivity index is 1.44. The van der Waals surface area contributed by atoms with Crippen LogP contribution in [-0.4, -0.2) is 47.1 Å². The van der Waals surface area contributed by atoms with E-state index in [1.807, 2.05) is 17.2 Å². The number of pyridine rings is 1. The van der Waals surface area contributed by atoms with Crippen molar-refractivity contribution in [2.75, 3.05) is 26.3 Å². The van der Waals surface area contributed by atoms with Gasteiger partial charge in [-0.3, -0.25) is 9.78 Å². The molecule has 0 aromatic carbocycles. The molecule has 0 aliphatic carbocycles. The summed E-state index contributed by atoms with van der Waals surface area (Å²) in [5.74, 6) is 1.25. The number of rotatable bonds is 3. The first-order chi connectivity index (χ1) is 12.3. The van der Waals surface area contributed by atoms with Crippen LogP contribution in [0.4, 0.5) is 0 Å². The minimum absolute atomic E-state index is 0.0318. The lowest BCUT2D eigenvalue weighted by Crippen LogP contribution is -2.39. The van der Waals surface area contributed by atoms with Gasteiger partial charge in [0, 0.05) is 50.5 Å². The number of nitrogens with zero attached hydrogens (tertiary/aromatic N) is 3. The highest BCUT2D eigenvalue weighted by atomic mass is 16.5. The Hall–Kier alpha value is -2.21. The van der Waals surface area contributed by atoms with E-state index in [0.717, 1.165) is 45.4 Å². The second kappa shape index (κ2) is 7.35. The van der Waals surface area contributed by atoms with E-state index < -0.39 is 0 Å². The summed E-state index contributed by atoms with van der Waals surface area (Å²) in [4.78, 5) is 23.4. The normalized spacial score (nSPS) is 22.1. The standard InChI is InChI=1S/C19H23N3O3/c23-19(17-13-25-18(21-17)14-5-9-24-10-6-14)22-8-2-4-16(12-22)15-3-1-7-20-11-15/h1,3,7,11,13-14,16H,2,4-6,8-10,12H2. The summed E-state index contributed by atoms with van der Waals surface area (Å²) in [6, 6.07) is 4.04. The van der Waals surface area contributed by atoms with Gasteiger partial charge in [0.15, 0.2) is 11.6 Å². The third-order valence-electron chi connectivity index (χ3n) is 5.18. The van der Waals surface area contributed by atoms with Crippen LogP contribution in [0.1, 0.15) is 59.5 Å². The van der Waals surface area contributed by atoms with Gasteiger partial charge < -0.3 is 14.1 Å². The van der Waals surface area contributed by atoms with Crippen LogP contribution in [0.3, 0.4) is 0 Å². The minimum atomic E-state index is -0.0318. The molecule has 0 radical (unpaired) electrons. The summed E-state index contributed by atoms with van der Waals surface area (Å²) in [5.41, 5.74) is 1.62. The molecule has 2 fully saturated rings. The van der Waals surface area contributed by atoms with E-state index in [4.69, 9.17) is 9.15 Å². The predicted molar refractivity (Wildman–Crippen MR) is 91.4 cm³/mol. The van der Waals surface area contributed by atoms with Crippen molar-refractivity contribution in [3.63, 3.8) is 0 Å². The first-order valence-electron chi connectivity index (χ1n) is 9.03. The van der Waals surface area contributed by atoms with Crippen LogP contribution in [-0.2, 0) is 4.74 Å². The largest absolute Gasteiger partial charge is 0.448 e. The smallest absolute Gasteiger partial charge is 0.275 e. The van der Waals surface area contributed by atoms with Crippen molar-refractivity contribution in [1.29, 1.82) is 0 Å². The Kier molecular flexibility index (Phi) is 4.78. The number of hydrogen-bond acceptors (Lipinski definition) is 5. The van der Waals surface area contributed by atoms with Crippen molar-refractivity contribution in [3.05, 3.63) is 47.9 Å². The van der Waals surface area contributed by atoms with Gasteiger partial charge in [0.2, 0.25) is 0 Å². The molecule has 2 aromatic heterocycles. The number of oxazole rings is 1. The minimum Gasteiger partial charge on any atom is -0.448 e. The van der Waals surface area contributed by atoms with Crippen LogP contribution in [0.5, 0.6) is 0 Å². The molecule has 25 heavy (non-hydrogen) atoms. The summed E-state index contributed by atoms with van der Waals surface area (Å²) in [5, 5.41) is 0. The van der Waals surface area contributed by atoms with Crippen molar-refractivity contribution in [2.24, 2.45) is 0 Å². The number of amides is 1. The maximum atomic E-state index is 12.8. The van der Waals surface area contributed by atoms with Gasteiger partial charge in [-0.25, -0.2) is 4.98 Å². The number of hydrogen-bond donors (Lipinski definition) is 0. The van der Waals surface area contributed by atoms with Gasteiger partial charge in [0.05, 0.1) is 0 Å². The monoisotopic (exact) mass is 341 g/mol. The number of carbonyl (C=O) groups excluding carboxylic acids is 1. The molecule has 2 aromatic rings. The Bertz CT molecular complexity index is 710. The van der Waals surface area contributed by atoms with Crippen molar-refractivity contribution >= 4 is 5.91 Å². The van der Waals surface area contributed by atoms with Gasteiger partial charge in [-0.15, -0.1) is 0 Å². The Labute approximate surface area is 147 Å². The second-order valence-corrected chi connectivity index (χ2v) is 6.83. The molecule has 2 aliphatic rings. The highest BCUT2D eigenvalue weighted by Crippen LogP contribution is 2.29. The highest BCUT2D eigenvalue weighted by Gasteiger charge is 2.28. The first kappa shape index (κ1) is 16.3. The SMILES string of the molecule is O=C(c1coc(C2CCOCC2)n1)N1CCCC(c2cccnc2)C1. The summed E-state index contributed by atoms with van der Waals surface area (Å²) in [7, 11) is 0. The van der Waals surface area contributed by atoms with E-state index >= 15 is 0 Å². The fourth-order valence-corrected chi connectivity index (χ4v) is 3.73. The molecule has 1 unspecified atom stereocenters. The molecule has 1 amide bonds. The Morgan fingerprint density at radius 1 is 1.20 bits per heavy atom. The molecule has 132 valence electrons. The maximum Gasteiger partial charge on any atom is 0.275 e. The number of carbonyl (C=O) groups is 1. The molecule has 4 rings (SSSR count). The fourth-order valence-electron chi connectivity index (χ4n) is 3.73. The zero-order valence-electron chi connectivity index (χ0n) is 14.3. The second-order valence-electron chi connectivity index (χ2n) is 6.83. The van der Waals surface area contributed by atoms with Crippen LogP contribution in [0.25, 0.3) is 0 Å². The van der Waals surface area contributed by atoms with Crippen LogP contribution < -0.4 is 0 Å². The summed E-state index contributed by atoms with van der Waals surface area (Å²) >= 11 is 0. The van der Waals surface area contributed by atoms with Crippen LogP contribution >= 0.6 is 0 Å². The van der Waals surface area contributed by atoms with E-state index in [-0.39, 0.29) is 11.8 Å². The molecule has 2 saturated heterocycles. The number of piperidine rings is 1. The molecule has 6 nitrogen and oxygen atoms in total. The van der Waals surface area contributed by atoms with Crippen LogP contribution in [0.15, 0.2) is 35.2 Å². The van der Waals surface area contributed by atoms with E-state index in [1.165, 1.54) is 11.8 Å². The Morgan fingerprint density at radius 3 is 2.88 bits per heavy atom. The zero-order chi connectivity index (χ0) is 17.1. The van der Waals surface area contributed by atoms with Crippen molar-refractivity contribution < 1.29 is 13.9 Å². The first-order valence-corrected chi connectivity index (χ1v) is 9.03. The topological polar surface area (TPSA) is 68.5 Å². The fraction of sp³-hybridized carbons (Fsp3) is 0.526. The Morgan fingerprint density at radius 2 is 2.08 bits per heavy atom. The molecule has 6 heteroatoms. The van der Waals surface area contributed by atoms with Gasteiger partial charge in [-0.2, -0.15) is 0 Å². The number of likely N-dealkylation sites (tertiary alicyclic amines) is 1. The van der Waals surface area contributed by atoms with Crippen molar-refractivity contribution in [3.8, 4) is 0 Å². The number of ether oxygens (including phenoxy) is 1. The van der Waals surface area contributed by atoms with Gasteiger partial charge >= 0.3 is 0 Å². The molecule has 0 saturated carbocycles. The summed E-state index contributed by atoms with van der Waals surface area (Å²) in [6.07, 6.45) is 9.08. The average molecular weight is 341 g/mol. The maximum absolute atomic E-state index is 12.8. The summed E-state index contributed by atoms with van der Waals surface area (Å²) in [6.45, 7) is 2.95. The van der Waals surface area contributed by atoms with Gasteiger partial charge in [-0.1, -0.05) is 6.07 Å². The van der Waals surface area contributed by atoms with Gasteiger partial charge in [0.1, 0.15) is 6.26 Å². The zero-order valence-corrected chi connectivity index (χ0v) is 14.3. The molecule has 4 heterocycles. The van der Waals surface area contributed by atoms with E-state index in [1.54, 1.807) is 6.20 Å². The van der Waals surface area contributed by atoms with Gasteiger partial charge in [0.25, 0.3) is 5.91 Å². The predicted octanol–water partition coefficient (Wildman–Crippen LogP) is 2.98. The molecule has 1 atom stereocenters. The van der Waals surface area contributed by atoms with Crippen LogP contribution in [0.2, 0.25) is 0 Å². The molecule has 0 N–H and O–H groups in total. The molecule has 0 bridgehead atoms.